The minimum atomic E-state index is -2.44. The third-order valence-electron chi connectivity index (χ3n) is 0.782. The van der Waals surface area contributed by atoms with Crippen molar-refractivity contribution in [2.45, 2.75) is 12.2 Å². The molecule has 0 aromatic heterocycles. The second-order valence-electron chi connectivity index (χ2n) is 1.53. The summed E-state index contributed by atoms with van der Waals surface area (Å²) in [7, 11) is 0. The Bertz CT molecular complexity index is 144. The minimum absolute atomic E-state index is 0. The molecule has 0 aliphatic heterocycles. The molecule has 12 heavy (non-hydrogen) atoms. The fourth-order valence-electron chi connectivity index (χ4n) is 0.258. The largest absolute Gasteiger partial charge is 1.00 e. The summed E-state index contributed by atoms with van der Waals surface area (Å²) in [6.45, 7) is 0. The molecule has 0 saturated carbocycles. The molecule has 8 heteroatoms. The number of hydrogen-bond acceptors (Lipinski definition) is 6. The van der Waals surface area contributed by atoms with E-state index in [0.717, 1.165) is 0 Å². The van der Waals surface area contributed by atoms with Gasteiger partial charge in [0.25, 0.3) is 0 Å². The molecule has 0 heterocycles. The van der Waals surface area contributed by atoms with Gasteiger partial charge in [-0.05, 0) is 0 Å². The number of rotatable bonds is 3. The molecular formula is C4H4LiNaO6. The third-order valence-corrected chi connectivity index (χ3v) is 0.782. The van der Waals surface area contributed by atoms with Crippen molar-refractivity contribution >= 4 is 11.9 Å². The second kappa shape index (κ2) is 8.07. The van der Waals surface area contributed by atoms with Crippen molar-refractivity contribution in [3.63, 3.8) is 0 Å². The van der Waals surface area contributed by atoms with E-state index in [1.54, 1.807) is 0 Å². The molecule has 2 atom stereocenters. The molecule has 0 aromatic rings. The molecule has 2 unspecified atom stereocenters. The average Bonchev–Trinajstić information content (AvgIpc) is 1.84. The van der Waals surface area contributed by atoms with Crippen molar-refractivity contribution in [2.75, 3.05) is 0 Å². The Hall–Kier alpha value is 0.457. The Kier molecular flexibility index (Phi) is 12.3. The number of carboxylic acid groups (broad SMARTS) is 2. The minimum Gasteiger partial charge on any atom is -0.547 e. The number of aliphatic hydroxyl groups is 2. The van der Waals surface area contributed by atoms with Gasteiger partial charge < -0.3 is 30.0 Å². The van der Waals surface area contributed by atoms with Crippen LogP contribution >= 0.6 is 0 Å². The van der Waals surface area contributed by atoms with Crippen molar-refractivity contribution < 1.29 is 78.4 Å². The molecule has 6 nitrogen and oxygen atoms in total. The second-order valence-corrected chi connectivity index (χ2v) is 1.53. The first-order valence-corrected chi connectivity index (χ1v) is 2.24. The fourth-order valence-corrected chi connectivity index (χ4v) is 0.258. The summed E-state index contributed by atoms with van der Waals surface area (Å²) in [5.74, 6) is -4.12. The Morgan fingerprint density at radius 2 is 1.17 bits per heavy atom. The zero-order valence-electron chi connectivity index (χ0n) is 6.68. The van der Waals surface area contributed by atoms with E-state index >= 15 is 0 Å². The van der Waals surface area contributed by atoms with Gasteiger partial charge in [-0.15, -0.1) is 0 Å². The average molecular weight is 178 g/mol. The first-order valence-electron chi connectivity index (χ1n) is 2.24. The number of aliphatic carboxylic acids is 2. The SMILES string of the molecule is O=C([O-])C(O)C(O)C(=O)[O-].[Li+].[Na+]. The fraction of sp³-hybridized carbons (Fsp3) is 0.500. The van der Waals surface area contributed by atoms with Gasteiger partial charge >= 0.3 is 48.4 Å². The summed E-state index contributed by atoms with van der Waals surface area (Å²) < 4.78 is 0. The van der Waals surface area contributed by atoms with E-state index in [1.165, 1.54) is 0 Å². The van der Waals surface area contributed by atoms with Gasteiger partial charge in [0.15, 0.2) is 0 Å². The molecular weight excluding hydrogens is 174 g/mol. The van der Waals surface area contributed by atoms with Crippen LogP contribution in [-0.2, 0) is 9.59 Å². The normalized spacial score (nSPS) is 13.2. The van der Waals surface area contributed by atoms with Crippen LogP contribution in [0.5, 0.6) is 0 Å². The van der Waals surface area contributed by atoms with Crippen molar-refractivity contribution in [3.8, 4) is 0 Å². The van der Waals surface area contributed by atoms with Gasteiger partial charge in [0.1, 0.15) is 12.2 Å². The molecule has 0 aliphatic rings. The van der Waals surface area contributed by atoms with E-state index in [4.69, 9.17) is 10.2 Å². The summed E-state index contributed by atoms with van der Waals surface area (Å²) in [6, 6.07) is 0. The van der Waals surface area contributed by atoms with Crippen molar-refractivity contribution in [2.24, 2.45) is 0 Å². The van der Waals surface area contributed by atoms with E-state index in [0.29, 0.717) is 0 Å². The maximum atomic E-state index is 9.63. The van der Waals surface area contributed by atoms with E-state index in [2.05, 4.69) is 0 Å². The standard InChI is InChI=1S/C4H6O6.Li.Na/c5-1(3(7)8)2(6)4(9)10;;/h1-2,5-6H,(H,7,8)(H,9,10);;/q;2*+1/p-2. The molecule has 0 spiro atoms. The molecule has 0 aliphatic carbocycles. The van der Waals surface area contributed by atoms with Crippen molar-refractivity contribution in [3.05, 3.63) is 0 Å². The number of carbonyl (C=O) groups is 2. The summed E-state index contributed by atoms with van der Waals surface area (Å²) >= 11 is 0. The van der Waals surface area contributed by atoms with E-state index in [-0.39, 0.29) is 48.4 Å². The van der Waals surface area contributed by atoms with Gasteiger partial charge in [0.2, 0.25) is 0 Å². The molecule has 58 valence electrons. The van der Waals surface area contributed by atoms with Crippen LogP contribution < -0.4 is 58.6 Å². The van der Waals surface area contributed by atoms with Crippen molar-refractivity contribution in [1.29, 1.82) is 0 Å². The van der Waals surface area contributed by atoms with Crippen LogP contribution in [0, 0.1) is 0 Å². The Morgan fingerprint density at radius 3 is 1.25 bits per heavy atom. The molecule has 0 saturated heterocycles. The van der Waals surface area contributed by atoms with Gasteiger partial charge in [0, 0.05) is 0 Å². The summed E-state index contributed by atoms with van der Waals surface area (Å²) in [6.07, 6.45) is -4.88. The molecule has 0 rings (SSSR count). The summed E-state index contributed by atoms with van der Waals surface area (Å²) in [4.78, 5) is 19.3. The van der Waals surface area contributed by atoms with E-state index < -0.39 is 24.1 Å². The monoisotopic (exact) mass is 178 g/mol. The number of aliphatic hydroxyl groups excluding tert-OH is 2. The molecule has 0 radical (unpaired) electrons. The molecule has 0 bridgehead atoms. The van der Waals surface area contributed by atoms with Gasteiger partial charge in [-0.1, -0.05) is 0 Å². The number of carbonyl (C=O) groups excluding carboxylic acids is 2. The van der Waals surface area contributed by atoms with E-state index in [9.17, 15) is 19.8 Å². The first kappa shape index (κ1) is 18.3. The smallest absolute Gasteiger partial charge is 0.547 e. The summed E-state index contributed by atoms with van der Waals surface area (Å²) in [5.41, 5.74) is 0. The van der Waals surface area contributed by atoms with Crippen LogP contribution in [0.15, 0.2) is 0 Å². The van der Waals surface area contributed by atoms with Crippen LogP contribution in [0.3, 0.4) is 0 Å². The van der Waals surface area contributed by atoms with Crippen LogP contribution in [0.25, 0.3) is 0 Å². The van der Waals surface area contributed by atoms with Gasteiger partial charge in [-0.25, -0.2) is 0 Å². The zero-order valence-corrected chi connectivity index (χ0v) is 8.68. The zero-order chi connectivity index (χ0) is 8.31. The third kappa shape index (κ3) is 6.03. The maximum Gasteiger partial charge on any atom is 1.00 e. The molecule has 0 fully saturated rings. The molecule has 2 N–H and O–H groups in total. The molecule has 0 amide bonds. The Labute approximate surface area is 102 Å². The number of hydrogen-bond donors (Lipinski definition) is 2. The van der Waals surface area contributed by atoms with Gasteiger partial charge in [-0.2, -0.15) is 0 Å². The Morgan fingerprint density at radius 1 is 1.00 bits per heavy atom. The number of carboxylic acids is 2. The first-order chi connectivity index (χ1) is 4.46. The predicted octanol–water partition coefficient (Wildman–Crippen LogP) is -10.8. The van der Waals surface area contributed by atoms with Crippen molar-refractivity contribution in [1.82, 2.24) is 0 Å². The maximum absolute atomic E-state index is 9.63. The van der Waals surface area contributed by atoms with E-state index in [1.807, 2.05) is 0 Å². The summed E-state index contributed by atoms with van der Waals surface area (Å²) in [5, 5.41) is 35.7. The van der Waals surface area contributed by atoms with Gasteiger partial charge in [0.05, 0.1) is 11.9 Å². The Balaban J connectivity index is -0.000000405. The molecule has 0 aromatic carbocycles. The topological polar surface area (TPSA) is 121 Å². The van der Waals surface area contributed by atoms with Crippen LogP contribution in [0.1, 0.15) is 0 Å². The quantitative estimate of drug-likeness (QED) is 0.414. The van der Waals surface area contributed by atoms with Crippen LogP contribution in [0.2, 0.25) is 0 Å². The predicted molar refractivity (Wildman–Crippen MR) is 22.0 cm³/mol. The van der Waals surface area contributed by atoms with Gasteiger partial charge in [-0.3, -0.25) is 0 Å². The van der Waals surface area contributed by atoms with Crippen LogP contribution in [-0.4, -0.2) is 34.4 Å². The van der Waals surface area contributed by atoms with Crippen LogP contribution in [0.4, 0.5) is 0 Å².